The molecule has 18 heavy (non-hydrogen) atoms. The van der Waals surface area contributed by atoms with Crippen LogP contribution in [-0.2, 0) is 13.2 Å². The summed E-state index contributed by atoms with van der Waals surface area (Å²) in [6.07, 6.45) is 0. The molecule has 0 aliphatic heterocycles. The molecule has 0 radical (unpaired) electrons. The van der Waals surface area contributed by atoms with Crippen LogP contribution in [-0.4, -0.2) is 5.11 Å². The van der Waals surface area contributed by atoms with Gasteiger partial charge in [-0.15, -0.1) is 11.3 Å². The van der Waals surface area contributed by atoms with E-state index in [9.17, 15) is 5.11 Å². The van der Waals surface area contributed by atoms with Crippen LogP contribution in [0.4, 0.5) is 0 Å². The number of halogens is 3. The summed E-state index contributed by atoms with van der Waals surface area (Å²) in [4.78, 5) is 1.07. The van der Waals surface area contributed by atoms with Crippen LogP contribution in [0.1, 0.15) is 10.4 Å². The Bertz CT molecular complexity index is 557. The molecular formula is C12H9BrCl2O2S. The van der Waals surface area contributed by atoms with E-state index in [-0.39, 0.29) is 6.61 Å². The van der Waals surface area contributed by atoms with Gasteiger partial charge in [0.05, 0.1) is 11.6 Å². The highest BCUT2D eigenvalue weighted by Gasteiger charge is 2.11. The second-order valence-corrected chi connectivity index (χ2v) is 6.31. The van der Waals surface area contributed by atoms with Crippen molar-refractivity contribution in [3.63, 3.8) is 0 Å². The zero-order chi connectivity index (χ0) is 13.1. The summed E-state index contributed by atoms with van der Waals surface area (Å²) in [5, 5.41) is 12.1. The lowest BCUT2D eigenvalue weighted by Gasteiger charge is -2.11. The fraction of sp³-hybridized carbons (Fsp3) is 0.167. The minimum atomic E-state index is -0.163. The SMILES string of the molecule is OCc1cc(Cl)cc(Cl)c1OCc1cc(Br)cs1. The van der Waals surface area contributed by atoms with E-state index in [0.717, 1.165) is 9.35 Å². The van der Waals surface area contributed by atoms with Crippen molar-refractivity contribution in [1.29, 1.82) is 0 Å². The first-order chi connectivity index (χ1) is 8.60. The molecule has 0 atom stereocenters. The number of hydrogen-bond donors (Lipinski definition) is 1. The van der Waals surface area contributed by atoms with Gasteiger partial charge in [-0.3, -0.25) is 0 Å². The molecule has 0 saturated heterocycles. The Morgan fingerprint density at radius 1 is 1.28 bits per heavy atom. The predicted octanol–water partition coefficient (Wildman–Crippen LogP) is 4.89. The fourth-order valence-corrected chi connectivity index (χ4v) is 3.42. The van der Waals surface area contributed by atoms with Gasteiger partial charge in [0, 0.05) is 25.3 Å². The van der Waals surface area contributed by atoms with Crippen molar-refractivity contribution in [2.75, 3.05) is 0 Å². The van der Waals surface area contributed by atoms with Crippen molar-refractivity contribution >= 4 is 50.5 Å². The summed E-state index contributed by atoms with van der Waals surface area (Å²) in [6, 6.07) is 5.22. The summed E-state index contributed by atoms with van der Waals surface area (Å²) >= 11 is 16.9. The Kier molecular flexibility index (Phi) is 4.92. The summed E-state index contributed by atoms with van der Waals surface area (Å²) in [6.45, 7) is 0.244. The fourth-order valence-electron chi connectivity index (χ4n) is 1.47. The molecule has 2 nitrogen and oxygen atoms in total. The van der Waals surface area contributed by atoms with Crippen LogP contribution < -0.4 is 4.74 Å². The van der Waals surface area contributed by atoms with Crippen LogP contribution in [0.2, 0.25) is 10.0 Å². The zero-order valence-electron chi connectivity index (χ0n) is 9.12. The van der Waals surface area contributed by atoms with Crippen molar-refractivity contribution in [2.45, 2.75) is 13.2 Å². The van der Waals surface area contributed by atoms with Gasteiger partial charge in [-0.2, -0.15) is 0 Å². The Morgan fingerprint density at radius 3 is 2.67 bits per heavy atom. The van der Waals surface area contributed by atoms with Gasteiger partial charge in [0.15, 0.2) is 0 Å². The lowest BCUT2D eigenvalue weighted by molar-refractivity contribution is 0.260. The minimum absolute atomic E-state index is 0.163. The monoisotopic (exact) mass is 366 g/mol. The van der Waals surface area contributed by atoms with Gasteiger partial charge >= 0.3 is 0 Å². The van der Waals surface area contributed by atoms with E-state index >= 15 is 0 Å². The Hall–Kier alpha value is -0.260. The van der Waals surface area contributed by atoms with E-state index in [1.165, 1.54) is 0 Å². The maximum atomic E-state index is 9.27. The number of ether oxygens (including phenoxy) is 1. The van der Waals surface area contributed by atoms with Crippen LogP contribution in [0, 0.1) is 0 Å². The van der Waals surface area contributed by atoms with Crippen molar-refractivity contribution in [3.05, 3.63) is 48.5 Å². The second-order valence-electron chi connectivity index (χ2n) is 3.55. The number of aliphatic hydroxyl groups excluding tert-OH is 1. The largest absolute Gasteiger partial charge is 0.486 e. The third kappa shape index (κ3) is 3.39. The van der Waals surface area contributed by atoms with Gasteiger partial charge < -0.3 is 9.84 Å². The van der Waals surface area contributed by atoms with Crippen molar-refractivity contribution < 1.29 is 9.84 Å². The molecule has 2 aromatic rings. The third-order valence-electron chi connectivity index (χ3n) is 2.24. The molecule has 1 heterocycles. The van der Waals surface area contributed by atoms with Crippen molar-refractivity contribution in [2.24, 2.45) is 0 Å². The molecule has 0 amide bonds. The summed E-state index contributed by atoms with van der Waals surface area (Å²) < 4.78 is 6.68. The van der Waals surface area contributed by atoms with E-state index in [0.29, 0.717) is 28.0 Å². The van der Waals surface area contributed by atoms with Crippen LogP contribution in [0.15, 0.2) is 28.1 Å². The second kappa shape index (κ2) is 6.26. The highest BCUT2D eigenvalue weighted by molar-refractivity contribution is 9.10. The molecule has 0 spiro atoms. The molecule has 0 fully saturated rings. The molecule has 1 aromatic heterocycles. The molecule has 2 rings (SSSR count). The first-order valence-corrected chi connectivity index (χ1v) is 7.47. The molecule has 0 aliphatic carbocycles. The van der Waals surface area contributed by atoms with Gasteiger partial charge in [-0.25, -0.2) is 0 Å². The summed E-state index contributed by atoms with van der Waals surface area (Å²) in [5.41, 5.74) is 0.586. The van der Waals surface area contributed by atoms with E-state index in [2.05, 4.69) is 15.9 Å². The van der Waals surface area contributed by atoms with Crippen LogP contribution in [0.3, 0.4) is 0 Å². The van der Waals surface area contributed by atoms with Crippen molar-refractivity contribution in [3.8, 4) is 5.75 Å². The van der Waals surface area contributed by atoms with Gasteiger partial charge in [-0.05, 0) is 34.1 Å². The third-order valence-corrected chi connectivity index (χ3v) is 4.41. The average Bonchev–Trinajstić information content (AvgIpc) is 2.73. The number of rotatable bonds is 4. The molecule has 6 heteroatoms. The highest BCUT2D eigenvalue weighted by Crippen LogP contribution is 2.33. The van der Waals surface area contributed by atoms with Gasteiger partial charge in [0.25, 0.3) is 0 Å². The molecule has 0 bridgehead atoms. The maximum absolute atomic E-state index is 9.27. The molecular weight excluding hydrogens is 359 g/mol. The molecule has 0 aliphatic rings. The van der Waals surface area contributed by atoms with Gasteiger partial charge in [0.2, 0.25) is 0 Å². The molecule has 96 valence electrons. The number of aliphatic hydroxyl groups is 1. The maximum Gasteiger partial charge on any atom is 0.144 e. The Balaban J connectivity index is 2.18. The average molecular weight is 368 g/mol. The standard InChI is InChI=1S/C12H9BrCl2O2S/c13-8-2-10(18-6-8)5-17-12-7(4-16)1-9(14)3-11(12)15/h1-3,6,16H,4-5H2. The van der Waals surface area contributed by atoms with E-state index in [1.807, 2.05) is 11.4 Å². The Labute approximate surface area is 127 Å². The lowest BCUT2D eigenvalue weighted by Crippen LogP contribution is -1.98. The first-order valence-electron chi connectivity index (χ1n) is 5.04. The normalized spacial score (nSPS) is 10.7. The Morgan fingerprint density at radius 2 is 2.06 bits per heavy atom. The molecule has 0 unspecified atom stereocenters. The quantitative estimate of drug-likeness (QED) is 0.833. The number of benzene rings is 1. The minimum Gasteiger partial charge on any atom is -0.486 e. The highest BCUT2D eigenvalue weighted by atomic mass is 79.9. The topological polar surface area (TPSA) is 29.5 Å². The smallest absolute Gasteiger partial charge is 0.144 e. The molecule has 1 aromatic carbocycles. The zero-order valence-corrected chi connectivity index (χ0v) is 13.0. The van der Waals surface area contributed by atoms with E-state index in [4.69, 9.17) is 27.9 Å². The van der Waals surface area contributed by atoms with Crippen LogP contribution in [0.5, 0.6) is 5.75 Å². The first kappa shape index (κ1) is 14.2. The van der Waals surface area contributed by atoms with E-state index in [1.54, 1.807) is 23.5 Å². The van der Waals surface area contributed by atoms with Crippen LogP contribution >= 0.6 is 50.5 Å². The van der Waals surface area contributed by atoms with E-state index < -0.39 is 0 Å². The number of hydrogen-bond acceptors (Lipinski definition) is 3. The van der Waals surface area contributed by atoms with Gasteiger partial charge in [0.1, 0.15) is 12.4 Å². The van der Waals surface area contributed by atoms with Crippen LogP contribution in [0.25, 0.3) is 0 Å². The molecule has 0 saturated carbocycles. The summed E-state index contributed by atoms with van der Waals surface area (Å²) in [5.74, 6) is 0.480. The lowest BCUT2D eigenvalue weighted by atomic mass is 10.2. The van der Waals surface area contributed by atoms with Gasteiger partial charge in [-0.1, -0.05) is 23.2 Å². The predicted molar refractivity (Wildman–Crippen MR) is 78.7 cm³/mol. The summed E-state index contributed by atoms with van der Waals surface area (Å²) in [7, 11) is 0. The van der Waals surface area contributed by atoms with Crippen molar-refractivity contribution in [1.82, 2.24) is 0 Å². The number of thiophene rings is 1. The molecule has 1 N–H and O–H groups in total.